The Morgan fingerprint density at radius 3 is 2.71 bits per heavy atom. The van der Waals surface area contributed by atoms with Crippen LogP contribution >= 0.6 is 0 Å². The lowest BCUT2D eigenvalue weighted by Gasteiger charge is -2.17. The maximum atomic E-state index is 12.4. The minimum Gasteiger partial charge on any atom is -0.467 e. The third-order valence-electron chi connectivity index (χ3n) is 4.72. The summed E-state index contributed by atoms with van der Waals surface area (Å²) < 4.78 is 10.5. The van der Waals surface area contributed by atoms with E-state index in [2.05, 4.69) is 5.32 Å². The molecule has 2 amide bonds. The van der Waals surface area contributed by atoms with E-state index >= 15 is 0 Å². The molecule has 148 valence electrons. The fourth-order valence-corrected chi connectivity index (χ4v) is 3.04. The molecule has 0 radical (unpaired) electrons. The number of esters is 1. The molecule has 1 aliphatic heterocycles. The number of ether oxygens (including phenoxy) is 1. The number of nitrogens with zero attached hydrogens (tertiary/aromatic N) is 1. The highest BCUT2D eigenvalue weighted by Gasteiger charge is 2.36. The van der Waals surface area contributed by atoms with E-state index in [0.29, 0.717) is 18.8 Å². The lowest BCUT2D eigenvalue weighted by Crippen LogP contribution is -2.37. The van der Waals surface area contributed by atoms with Crippen molar-refractivity contribution in [3.05, 3.63) is 59.5 Å². The molecule has 0 bridgehead atoms. The van der Waals surface area contributed by atoms with Crippen LogP contribution in [0.2, 0.25) is 0 Å². The molecule has 3 rings (SSSR count). The number of carbonyl (C=O) groups excluding carboxylic acids is 3. The standard InChI is InChI=1S/C21H24N2O5/c1-14-5-7-16(8-6-14)11-22-20(25)15(2)28-21(26)17-10-19(24)23(12-17)13-18-4-3-9-27-18/h3-9,15,17H,10-13H2,1-2H3,(H,22,25)/t15-,17-/m1/s1. The van der Waals surface area contributed by atoms with E-state index in [0.717, 1.165) is 11.1 Å². The van der Waals surface area contributed by atoms with Crippen LogP contribution in [0.3, 0.4) is 0 Å². The van der Waals surface area contributed by atoms with Crippen molar-refractivity contribution in [3.8, 4) is 0 Å². The number of hydrogen-bond donors (Lipinski definition) is 1. The monoisotopic (exact) mass is 384 g/mol. The van der Waals surface area contributed by atoms with E-state index in [1.807, 2.05) is 31.2 Å². The lowest BCUT2D eigenvalue weighted by atomic mass is 10.1. The summed E-state index contributed by atoms with van der Waals surface area (Å²) in [5.41, 5.74) is 2.11. The van der Waals surface area contributed by atoms with Crippen LogP contribution in [-0.4, -0.2) is 35.3 Å². The molecule has 1 saturated heterocycles. The zero-order valence-electron chi connectivity index (χ0n) is 16.0. The fourth-order valence-electron chi connectivity index (χ4n) is 3.04. The van der Waals surface area contributed by atoms with Gasteiger partial charge in [0.05, 0.1) is 18.7 Å². The second-order valence-corrected chi connectivity index (χ2v) is 7.04. The Balaban J connectivity index is 1.46. The van der Waals surface area contributed by atoms with Crippen molar-refractivity contribution in [2.75, 3.05) is 6.54 Å². The molecule has 7 nitrogen and oxygen atoms in total. The van der Waals surface area contributed by atoms with Crippen molar-refractivity contribution >= 4 is 17.8 Å². The van der Waals surface area contributed by atoms with Gasteiger partial charge < -0.3 is 19.4 Å². The number of amides is 2. The van der Waals surface area contributed by atoms with Crippen molar-refractivity contribution in [2.24, 2.45) is 5.92 Å². The molecule has 0 unspecified atom stereocenters. The Morgan fingerprint density at radius 2 is 2.04 bits per heavy atom. The normalized spacial score (nSPS) is 17.4. The summed E-state index contributed by atoms with van der Waals surface area (Å²) in [6, 6.07) is 11.3. The summed E-state index contributed by atoms with van der Waals surface area (Å²) >= 11 is 0. The van der Waals surface area contributed by atoms with Gasteiger partial charge in [-0.25, -0.2) is 0 Å². The highest BCUT2D eigenvalue weighted by molar-refractivity contribution is 5.88. The van der Waals surface area contributed by atoms with Gasteiger partial charge >= 0.3 is 5.97 Å². The van der Waals surface area contributed by atoms with Crippen LogP contribution in [0.5, 0.6) is 0 Å². The van der Waals surface area contributed by atoms with Crippen LogP contribution in [0.15, 0.2) is 47.1 Å². The van der Waals surface area contributed by atoms with Gasteiger partial charge in [-0.15, -0.1) is 0 Å². The van der Waals surface area contributed by atoms with E-state index in [1.54, 1.807) is 23.3 Å². The van der Waals surface area contributed by atoms with Crippen molar-refractivity contribution in [1.82, 2.24) is 10.2 Å². The first kappa shape index (κ1) is 19.7. The molecule has 1 aromatic heterocycles. The van der Waals surface area contributed by atoms with Gasteiger partial charge in [0.15, 0.2) is 6.10 Å². The molecular formula is C21H24N2O5. The zero-order chi connectivity index (χ0) is 20.1. The second kappa shape index (κ2) is 8.73. The smallest absolute Gasteiger partial charge is 0.312 e. The van der Waals surface area contributed by atoms with Gasteiger partial charge in [0.25, 0.3) is 5.91 Å². The first-order chi connectivity index (χ1) is 13.4. The molecule has 2 aromatic rings. The molecule has 7 heteroatoms. The largest absolute Gasteiger partial charge is 0.467 e. The molecule has 1 N–H and O–H groups in total. The number of hydrogen-bond acceptors (Lipinski definition) is 5. The second-order valence-electron chi connectivity index (χ2n) is 7.04. The van der Waals surface area contributed by atoms with Gasteiger partial charge in [0.1, 0.15) is 5.76 Å². The van der Waals surface area contributed by atoms with E-state index in [-0.39, 0.29) is 24.8 Å². The number of benzene rings is 1. The van der Waals surface area contributed by atoms with Crippen LogP contribution in [0.25, 0.3) is 0 Å². The SMILES string of the molecule is Cc1ccc(CNC(=O)[C@@H](C)OC(=O)[C@@H]2CC(=O)N(Cc3ccco3)C2)cc1. The predicted octanol–water partition coefficient (Wildman–Crippen LogP) is 2.18. The third-order valence-corrected chi connectivity index (χ3v) is 4.72. The average Bonchev–Trinajstić information content (AvgIpc) is 3.31. The lowest BCUT2D eigenvalue weighted by molar-refractivity contribution is -0.158. The van der Waals surface area contributed by atoms with Gasteiger partial charge in [-0.1, -0.05) is 29.8 Å². The molecule has 1 aromatic carbocycles. The summed E-state index contributed by atoms with van der Waals surface area (Å²) in [4.78, 5) is 38.2. The van der Waals surface area contributed by atoms with E-state index < -0.39 is 18.0 Å². The van der Waals surface area contributed by atoms with Gasteiger partial charge in [-0.05, 0) is 31.5 Å². The fraction of sp³-hybridized carbons (Fsp3) is 0.381. The number of rotatable bonds is 7. The molecule has 0 aliphatic carbocycles. The molecule has 28 heavy (non-hydrogen) atoms. The summed E-state index contributed by atoms with van der Waals surface area (Å²) in [5, 5.41) is 2.76. The maximum Gasteiger partial charge on any atom is 0.312 e. The number of likely N-dealkylation sites (tertiary alicyclic amines) is 1. The van der Waals surface area contributed by atoms with Crippen LogP contribution in [0.1, 0.15) is 30.2 Å². The Bertz CT molecular complexity index is 829. The molecule has 2 heterocycles. The van der Waals surface area contributed by atoms with Crippen molar-refractivity contribution in [2.45, 2.75) is 39.5 Å². The number of carbonyl (C=O) groups is 3. The first-order valence-corrected chi connectivity index (χ1v) is 9.26. The van der Waals surface area contributed by atoms with Gasteiger partial charge in [0.2, 0.25) is 5.91 Å². The Morgan fingerprint density at radius 1 is 1.29 bits per heavy atom. The topological polar surface area (TPSA) is 88.8 Å². The minimum absolute atomic E-state index is 0.0806. The van der Waals surface area contributed by atoms with Crippen LogP contribution in [-0.2, 0) is 32.2 Å². The summed E-state index contributed by atoms with van der Waals surface area (Å²) in [6.07, 6.45) is 0.697. The van der Waals surface area contributed by atoms with Crippen LogP contribution in [0, 0.1) is 12.8 Å². The summed E-state index contributed by atoms with van der Waals surface area (Å²) in [7, 11) is 0. The van der Waals surface area contributed by atoms with Crippen molar-refractivity contribution in [3.63, 3.8) is 0 Å². The maximum absolute atomic E-state index is 12.4. The molecule has 0 spiro atoms. The first-order valence-electron chi connectivity index (χ1n) is 9.26. The Labute approximate surface area is 163 Å². The quantitative estimate of drug-likeness (QED) is 0.739. The third kappa shape index (κ3) is 5.00. The van der Waals surface area contributed by atoms with Crippen LogP contribution < -0.4 is 5.32 Å². The number of nitrogens with one attached hydrogen (secondary N) is 1. The van der Waals surface area contributed by atoms with Gasteiger partial charge in [-0.2, -0.15) is 0 Å². The number of furan rings is 1. The van der Waals surface area contributed by atoms with Gasteiger partial charge in [-0.3, -0.25) is 14.4 Å². The summed E-state index contributed by atoms with van der Waals surface area (Å²) in [5.74, 6) is -0.949. The van der Waals surface area contributed by atoms with E-state index in [1.165, 1.54) is 6.92 Å². The Kier molecular flexibility index (Phi) is 6.13. The van der Waals surface area contributed by atoms with Crippen molar-refractivity contribution in [1.29, 1.82) is 0 Å². The highest BCUT2D eigenvalue weighted by atomic mass is 16.5. The van der Waals surface area contributed by atoms with E-state index in [4.69, 9.17) is 9.15 Å². The molecule has 2 atom stereocenters. The summed E-state index contributed by atoms with van der Waals surface area (Å²) in [6.45, 7) is 4.46. The molecule has 0 saturated carbocycles. The number of aryl methyl sites for hydroxylation is 1. The zero-order valence-corrected chi connectivity index (χ0v) is 16.0. The molecule has 1 fully saturated rings. The van der Waals surface area contributed by atoms with Gasteiger partial charge in [0, 0.05) is 19.5 Å². The highest BCUT2D eigenvalue weighted by Crippen LogP contribution is 2.22. The average molecular weight is 384 g/mol. The van der Waals surface area contributed by atoms with Crippen molar-refractivity contribution < 1.29 is 23.5 Å². The van der Waals surface area contributed by atoms with E-state index in [9.17, 15) is 14.4 Å². The molecule has 1 aliphatic rings. The predicted molar refractivity (Wildman–Crippen MR) is 101 cm³/mol. The minimum atomic E-state index is -0.924. The van der Waals surface area contributed by atoms with Crippen LogP contribution in [0.4, 0.5) is 0 Å². The molecular weight excluding hydrogens is 360 g/mol. The Hall–Kier alpha value is -3.09.